The summed E-state index contributed by atoms with van der Waals surface area (Å²) in [7, 11) is 0. The van der Waals surface area contributed by atoms with Gasteiger partial charge in [0.05, 0.1) is 6.61 Å². The number of rotatable bonds is 8. The zero-order valence-electron chi connectivity index (χ0n) is 21.9. The van der Waals surface area contributed by atoms with Crippen LogP contribution in [-0.4, -0.2) is 51.9 Å². The highest BCUT2D eigenvalue weighted by atomic mass is 19.4. The highest BCUT2D eigenvalue weighted by molar-refractivity contribution is 5.38. The first-order chi connectivity index (χ1) is 18.2. The van der Waals surface area contributed by atoms with Crippen LogP contribution in [0.5, 0.6) is 0 Å². The van der Waals surface area contributed by atoms with Crippen LogP contribution in [0.4, 0.5) is 19.0 Å². The van der Waals surface area contributed by atoms with Crippen molar-refractivity contribution in [3.05, 3.63) is 23.9 Å². The fourth-order valence-corrected chi connectivity index (χ4v) is 7.84. The lowest BCUT2D eigenvalue weighted by Gasteiger charge is -2.47. The highest BCUT2D eigenvalue weighted by Gasteiger charge is 2.60. The molecule has 3 aliphatic carbocycles. The Balaban J connectivity index is 0.975. The Kier molecular flexibility index (Phi) is 7.42. The summed E-state index contributed by atoms with van der Waals surface area (Å²) in [6.07, 6.45) is 7.65. The van der Waals surface area contributed by atoms with Gasteiger partial charge in [-0.05, 0) is 73.8 Å². The van der Waals surface area contributed by atoms with Gasteiger partial charge in [-0.3, -0.25) is 0 Å². The Labute approximate surface area is 222 Å². The SMILES string of the molecule is O[C@@H]1[C@@H](Nc2cccc(C(F)(F)F)n2)[C@H]2OC[C@](CC3CC(CC4CCC(CC5CCC5)CC4)C3)(O2)[C@@H]1O. The normalized spacial score (nSPS) is 41.4. The molecule has 5 atom stereocenters. The van der Waals surface area contributed by atoms with Crippen molar-refractivity contribution in [1.29, 1.82) is 0 Å². The molecule has 5 aliphatic rings. The fraction of sp³-hybridized carbons (Fsp3) is 0.828. The third-order valence-corrected chi connectivity index (χ3v) is 10.2. The summed E-state index contributed by atoms with van der Waals surface area (Å²) in [5.41, 5.74) is -2.00. The third-order valence-electron chi connectivity index (χ3n) is 10.2. The van der Waals surface area contributed by atoms with Crippen LogP contribution in [0.15, 0.2) is 18.2 Å². The standard InChI is InChI=1S/C29H41F3N2O4/c30-29(31,32)22-5-2-6-23(33-22)34-24-25(35)26(36)28(16-37-27(24)38-28)15-21-13-20(14-21)12-19-9-7-18(8-10-19)11-17-3-1-4-17/h2,5-6,17-21,24-27,35-36H,1,3-4,7-16H2,(H,33,34)/t18?,19?,20?,21?,24-,25-,26-,27+,28+/m1/s1. The van der Waals surface area contributed by atoms with Gasteiger partial charge in [0.15, 0.2) is 6.29 Å². The number of halogens is 3. The highest BCUT2D eigenvalue weighted by Crippen LogP contribution is 2.50. The van der Waals surface area contributed by atoms with Crippen LogP contribution in [0.3, 0.4) is 0 Å². The van der Waals surface area contributed by atoms with Crippen LogP contribution in [0, 0.1) is 29.6 Å². The molecule has 3 N–H and O–H groups in total. The molecule has 38 heavy (non-hydrogen) atoms. The number of hydrogen-bond acceptors (Lipinski definition) is 6. The van der Waals surface area contributed by atoms with Crippen molar-refractivity contribution in [1.82, 2.24) is 4.98 Å². The van der Waals surface area contributed by atoms with Gasteiger partial charge < -0.3 is 25.0 Å². The van der Waals surface area contributed by atoms with Crippen LogP contribution in [0.2, 0.25) is 0 Å². The molecular formula is C29H41F3N2O4. The number of nitrogens with one attached hydrogen (secondary N) is 1. The predicted molar refractivity (Wildman–Crippen MR) is 135 cm³/mol. The smallest absolute Gasteiger partial charge is 0.388 e. The van der Waals surface area contributed by atoms with Crippen molar-refractivity contribution in [2.24, 2.45) is 29.6 Å². The van der Waals surface area contributed by atoms with Gasteiger partial charge in [-0.15, -0.1) is 0 Å². The molecular weight excluding hydrogens is 497 g/mol. The van der Waals surface area contributed by atoms with Gasteiger partial charge >= 0.3 is 6.18 Å². The molecule has 0 aromatic carbocycles. The number of anilines is 1. The summed E-state index contributed by atoms with van der Waals surface area (Å²) < 4.78 is 51.1. The van der Waals surface area contributed by atoms with Gasteiger partial charge in [-0.25, -0.2) is 4.98 Å². The number of nitrogens with zero attached hydrogens (tertiary/aromatic N) is 1. The van der Waals surface area contributed by atoms with Crippen LogP contribution in [-0.2, 0) is 15.7 Å². The molecule has 1 aromatic heterocycles. The molecule has 0 unspecified atom stereocenters. The second-order valence-electron chi connectivity index (χ2n) is 12.9. The van der Waals surface area contributed by atoms with Crippen LogP contribution >= 0.6 is 0 Å². The minimum absolute atomic E-state index is 0.0541. The molecule has 3 heterocycles. The van der Waals surface area contributed by atoms with Gasteiger partial charge in [0, 0.05) is 0 Å². The monoisotopic (exact) mass is 538 g/mol. The van der Waals surface area contributed by atoms with E-state index in [1.165, 1.54) is 69.9 Å². The molecule has 0 radical (unpaired) electrons. The van der Waals surface area contributed by atoms with Crippen molar-refractivity contribution in [3.8, 4) is 0 Å². The van der Waals surface area contributed by atoms with Crippen molar-refractivity contribution in [2.75, 3.05) is 11.9 Å². The molecule has 2 saturated heterocycles. The molecule has 0 spiro atoms. The molecule has 3 saturated carbocycles. The Hall–Kier alpha value is -1.42. The number of hydrogen-bond donors (Lipinski definition) is 3. The van der Waals surface area contributed by atoms with Crippen molar-refractivity contribution in [2.45, 2.75) is 113 Å². The summed E-state index contributed by atoms with van der Waals surface area (Å²) in [6.45, 7) is 0.163. The third kappa shape index (κ3) is 5.45. The van der Waals surface area contributed by atoms with Crippen molar-refractivity contribution < 1.29 is 32.9 Å². The van der Waals surface area contributed by atoms with Crippen LogP contribution in [0.25, 0.3) is 0 Å². The number of pyridine rings is 1. The lowest BCUT2D eigenvalue weighted by Crippen LogP contribution is -2.63. The van der Waals surface area contributed by atoms with Gasteiger partial charge in [0.25, 0.3) is 0 Å². The van der Waals surface area contributed by atoms with Crippen LogP contribution in [0.1, 0.15) is 82.7 Å². The molecule has 0 amide bonds. The molecule has 212 valence electrons. The molecule has 2 aliphatic heterocycles. The maximum atomic E-state index is 13.0. The van der Waals surface area contributed by atoms with E-state index in [-0.39, 0.29) is 12.4 Å². The minimum atomic E-state index is -4.58. The van der Waals surface area contributed by atoms with E-state index < -0.39 is 42.0 Å². The van der Waals surface area contributed by atoms with Crippen LogP contribution < -0.4 is 5.32 Å². The van der Waals surface area contributed by atoms with E-state index in [9.17, 15) is 23.4 Å². The lowest BCUT2D eigenvalue weighted by atomic mass is 9.64. The quantitative estimate of drug-likeness (QED) is 0.404. The Morgan fingerprint density at radius 2 is 1.58 bits per heavy atom. The summed E-state index contributed by atoms with van der Waals surface area (Å²) in [4.78, 5) is 3.61. The summed E-state index contributed by atoms with van der Waals surface area (Å²) in [5.74, 6) is 3.93. The van der Waals surface area contributed by atoms with Crippen molar-refractivity contribution in [3.63, 3.8) is 0 Å². The molecule has 2 bridgehead atoms. The van der Waals surface area contributed by atoms with Gasteiger partial charge in [-0.1, -0.05) is 51.0 Å². The second kappa shape index (κ2) is 10.5. The topological polar surface area (TPSA) is 83.8 Å². The number of aliphatic hydroxyl groups excluding tert-OH is 2. The number of fused-ring (bicyclic) bond motifs is 2. The second-order valence-corrected chi connectivity index (χ2v) is 12.9. The Bertz CT molecular complexity index is 961. The molecule has 9 heteroatoms. The average Bonchev–Trinajstić information content (AvgIpc) is 3.24. The first-order valence-electron chi connectivity index (χ1n) is 14.6. The summed E-state index contributed by atoms with van der Waals surface area (Å²) >= 11 is 0. The van der Waals surface area contributed by atoms with E-state index >= 15 is 0 Å². The Morgan fingerprint density at radius 3 is 2.21 bits per heavy atom. The van der Waals surface area contributed by atoms with E-state index in [2.05, 4.69) is 10.3 Å². The van der Waals surface area contributed by atoms with Crippen molar-refractivity contribution >= 4 is 5.82 Å². The van der Waals surface area contributed by atoms with E-state index in [1.807, 2.05) is 0 Å². The number of aromatic nitrogens is 1. The summed E-state index contributed by atoms with van der Waals surface area (Å²) in [6, 6.07) is 2.60. The first-order valence-corrected chi connectivity index (χ1v) is 14.6. The van der Waals surface area contributed by atoms with Gasteiger partial charge in [-0.2, -0.15) is 13.2 Å². The zero-order valence-corrected chi connectivity index (χ0v) is 21.9. The number of aliphatic hydroxyl groups is 2. The molecule has 6 nitrogen and oxygen atoms in total. The average molecular weight is 539 g/mol. The lowest BCUT2D eigenvalue weighted by molar-refractivity contribution is -0.222. The van der Waals surface area contributed by atoms with E-state index in [0.29, 0.717) is 12.3 Å². The summed E-state index contributed by atoms with van der Waals surface area (Å²) in [5, 5.41) is 24.8. The fourth-order valence-electron chi connectivity index (χ4n) is 7.84. The maximum Gasteiger partial charge on any atom is 0.433 e. The minimum Gasteiger partial charge on any atom is -0.388 e. The molecule has 1 aromatic rings. The van der Waals surface area contributed by atoms with E-state index in [1.54, 1.807) is 0 Å². The van der Waals surface area contributed by atoms with Gasteiger partial charge in [0.2, 0.25) is 0 Å². The number of alkyl halides is 3. The van der Waals surface area contributed by atoms with E-state index in [0.717, 1.165) is 42.6 Å². The predicted octanol–water partition coefficient (Wildman–Crippen LogP) is 5.53. The first kappa shape index (κ1) is 26.8. The zero-order chi connectivity index (χ0) is 26.5. The van der Waals surface area contributed by atoms with E-state index in [4.69, 9.17) is 9.47 Å². The largest absolute Gasteiger partial charge is 0.433 e. The van der Waals surface area contributed by atoms with Gasteiger partial charge in [0.1, 0.15) is 35.4 Å². The Morgan fingerprint density at radius 1 is 0.921 bits per heavy atom. The number of ether oxygens (including phenoxy) is 2. The molecule has 6 rings (SSSR count). The molecule has 5 fully saturated rings. The maximum absolute atomic E-state index is 13.0.